The number of hydrogen-bond donors (Lipinski definition) is 2. The van der Waals surface area contributed by atoms with Gasteiger partial charge in [-0.2, -0.15) is 0 Å². The number of likely N-dealkylation sites (tertiary alicyclic amines) is 1. The molecule has 0 radical (unpaired) electrons. The molecule has 4 atom stereocenters. The van der Waals surface area contributed by atoms with Crippen molar-refractivity contribution in [2.24, 2.45) is 11.3 Å². The summed E-state index contributed by atoms with van der Waals surface area (Å²) >= 11 is 0.888. The minimum Gasteiger partial charge on any atom is -0.391 e. The Morgan fingerprint density at radius 1 is 1.48 bits per heavy atom. The van der Waals surface area contributed by atoms with Crippen LogP contribution in [-0.4, -0.2) is 47.2 Å². The molecular weight excluding hydrogens is 346 g/mol. The van der Waals surface area contributed by atoms with Crippen LogP contribution in [-0.2, 0) is 0 Å². The fraction of sp³-hybridized carbons (Fsp3) is 0.722. The zero-order valence-corrected chi connectivity index (χ0v) is 15.7. The summed E-state index contributed by atoms with van der Waals surface area (Å²) in [6.07, 6.45) is -1.93. The number of carbonyl (C=O) groups excluding carboxylic acids is 1. The molecule has 0 aromatic carbocycles. The van der Waals surface area contributed by atoms with E-state index in [9.17, 15) is 18.7 Å². The number of rotatable bonds is 5. The number of aliphatic hydroxyl groups is 1. The zero-order chi connectivity index (χ0) is 18.4. The lowest BCUT2D eigenvalue weighted by molar-refractivity contribution is -0.0963. The van der Waals surface area contributed by atoms with E-state index in [0.717, 1.165) is 24.4 Å². The summed E-state index contributed by atoms with van der Waals surface area (Å²) < 4.78 is 26.0. The zero-order valence-electron chi connectivity index (χ0n) is 14.8. The lowest BCUT2D eigenvalue weighted by atomic mass is 9.65. The van der Waals surface area contributed by atoms with Gasteiger partial charge in [0, 0.05) is 18.0 Å². The van der Waals surface area contributed by atoms with Gasteiger partial charge in [0.2, 0.25) is 0 Å². The lowest BCUT2D eigenvalue weighted by Crippen LogP contribution is -2.65. The van der Waals surface area contributed by atoms with Gasteiger partial charge in [0.25, 0.3) is 12.3 Å². The van der Waals surface area contributed by atoms with Gasteiger partial charge in [-0.1, -0.05) is 20.8 Å². The highest BCUT2D eigenvalue weighted by molar-refractivity contribution is 7.10. The smallest absolute Gasteiger partial charge is 0.273 e. The molecule has 4 nitrogen and oxygen atoms in total. The molecule has 2 heterocycles. The van der Waals surface area contributed by atoms with Crippen LogP contribution < -0.4 is 5.32 Å². The van der Waals surface area contributed by atoms with E-state index in [1.54, 1.807) is 0 Å². The molecule has 1 saturated heterocycles. The molecule has 2 fully saturated rings. The molecule has 1 aliphatic heterocycles. The summed E-state index contributed by atoms with van der Waals surface area (Å²) in [4.78, 5) is 14.6. The number of halogens is 2. The van der Waals surface area contributed by atoms with Crippen molar-refractivity contribution in [2.45, 2.75) is 58.2 Å². The van der Waals surface area contributed by atoms with Crippen molar-refractivity contribution in [3.63, 3.8) is 0 Å². The van der Waals surface area contributed by atoms with Crippen molar-refractivity contribution in [3.8, 4) is 0 Å². The molecule has 1 amide bonds. The number of alkyl halides is 2. The third-order valence-electron chi connectivity index (χ3n) is 5.74. The van der Waals surface area contributed by atoms with E-state index in [0.29, 0.717) is 24.8 Å². The van der Waals surface area contributed by atoms with Gasteiger partial charge in [-0.3, -0.25) is 9.69 Å². The second kappa shape index (κ2) is 6.93. The first-order valence-electron chi connectivity index (χ1n) is 8.87. The van der Waals surface area contributed by atoms with Gasteiger partial charge < -0.3 is 10.4 Å². The number of carbonyl (C=O) groups is 1. The van der Waals surface area contributed by atoms with Gasteiger partial charge in [0.15, 0.2) is 0 Å². The molecule has 1 aromatic heterocycles. The highest BCUT2D eigenvalue weighted by atomic mass is 32.1. The van der Waals surface area contributed by atoms with E-state index >= 15 is 0 Å². The molecule has 2 unspecified atom stereocenters. The summed E-state index contributed by atoms with van der Waals surface area (Å²) in [5, 5.41) is 14.8. The van der Waals surface area contributed by atoms with Crippen LogP contribution in [0.4, 0.5) is 8.78 Å². The normalized spacial score (nSPS) is 32.6. The molecule has 2 aliphatic rings. The van der Waals surface area contributed by atoms with Crippen LogP contribution in [0.15, 0.2) is 11.4 Å². The van der Waals surface area contributed by atoms with Crippen molar-refractivity contribution in [1.82, 2.24) is 10.2 Å². The van der Waals surface area contributed by atoms with Crippen molar-refractivity contribution in [3.05, 3.63) is 21.9 Å². The first-order chi connectivity index (χ1) is 11.8. The average molecular weight is 372 g/mol. The lowest BCUT2D eigenvalue weighted by Gasteiger charge is -2.58. The minimum absolute atomic E-state index is 0.0156. The monoisotopic (exact) mass is 372 g/mol. The van der Waals surface area contributed by atoms with Crippen LogP contribution >= 0.6 is 11.3 Å². The Labute approximate surface area is 151 Å². The maximum atomic E-state index is 13.0. The topological polar surface area (TPSA) is 52.6 Å². The second-order valence-electron chi connectivity index (χ2n) is 7.67. The molecule has 25 heavy (non-hydrogen) atoms. The molecule has 0 bridgehead atoms. The largest absolute Gasteiger partial charge is 0.391 e. The van der Waals surface area contributed by atoms with E-state index in [-0.39, 0.29) is 21.9 Å². The highest BCUT2D eigenvalue weighted by Crippen LogP contribution is 2.52. The number of amides is 1. The first kappa shape index (κ1) is 18.7. The Morgan fingerprint density at radius 2 is 2.20 bits per heavy atom. The number of aliphatic hydroxyl groups excluding tert-OH is 1. The second-order valence-corrected chi connectivity index (χ2v) is 8.62. The molecular formula is C18H26F2N2O2S. The van der Waals surface area contributed by atoms with Crippen LogP contribution in [0.1, 0.15) is 55.3 Å². The molecule has 2 N–H and O–H groups in total. The van der Waals surface area contributed by atoms with Crippen LogP contribution in [0.2, 0.25) is 0 Å². The Balaban J connectivity index is 1.70. The van der Waals surface area contributed by atoms with Gasteiger partial charge in [0.05, 0.1) is 22.6 Å². The Bertz CT molecular complexity index is 636. The van der Waals surface area contributed by atoms with E-state index in [1.807, 2.05) is 0 Å². The summed E-state index contributed by atoms with van der Waals surface area (Å²) in [6, 6.07) is 1.45. The molecule has 1 aromatic rings. The third kappa shape index (κ3) is 3.22. The van der Waals surface area contributed by atoms with E-state index < -0.39 is 18.4 Å². The van der Waals surface area contributed by atoms with Gasteiger partial charge in [0.1, 0.15) is 0 Å². The fourth-order valence-corrected chi connectivity index (χ4v) is 5.71. The van der Waals surface area contributed by atoms with Gasteiger partial charge >= 0.3 is 0 Å². The Hall–Kier alpha value is -1.05. The summed E-state index contributed by atoms with van der Waals surface area (Å²) in [5.74, 6) is -0.0388. The predicted octanol–water partition coefficient (Wildman–Crippen LogP) is 3.29. The Morgan fingerprint density at radius 3 is 2.80 bits per heavy atom. The molecule has 1 aliphatic carbocycles. The molecule has 7 heteroatoms. The van der Waals surface area contributed by atoms with Gasteiger partial charge in [-0.25, -0.2) is 8.78 Å². The number of nitrogens with zero attached hydrogens (tertiary/aromatic N) is 1. The Kier molecular flexibility index (Phi) is 5.19. The van der Waals surface area contributed by atoms with Crippen LogP contribution in [0.25, 0.3) is 0 Å². The minimum atomic E-state index is -2.66. The molecule has 140 valence electrons. The summed E-state index contributed by atoms with van der Waals surface area (Å²) in [5.41, 5.74) is 0.0409. The molecule has 1 saturated carbocycles. The molecule has 3 rings (SSSR count). The quantitative estimate of drug-likeness (QED) is 0.834. The number of hydrogen-bond acceptors (Lipinski definition) is 4. The van der Waals surface area contributed by atoms with Gasteiger partial charge in [-0.15, -0.1) is 11.3 Å². The number of thiophene rings is 1. The average Bonchev–Trinajstić information content (AvgIpc) is 3.11. The van der Waals surface area contributed by atoms with Crippen molar-refractivity contribution < 1.29 is 18.7 Å². The third-order valence-corrected chi connectivity index (χ3v) is 6.66. The van der Waals surface area contributed by atoms with E-state index in [2.05, 4.69) is 31.0 Å². The van der Waals surface area contributed by atoms with Crippen molar-refractivity contribution in [1.29, 1.82) is 0 Å². The van der Waals surface area contributed by atoms with Crippen LogP contribution in [0, 0.1) is 11.3 Å². The molecule has 1 spiro atoms. The first-order valence-corrected chi connectivity index (χ1v) is 9.75. The maximum absolute atomic E-state index is 13.0. The van der Waals surface area contributed by atoms with Gasteiger partial charge in [-0.05, 0) is 36.8 Å². The fourth-order valence-electron chi connectivity index (χ4n) is 4.97. The summed E-state index contributed by atoms with van der Waals surface area (Å²) in [7, 11) is 0. The van der Waals surface area contributed by atoms with Crippen LogP contribution in [0.3, 0.4) is 0 Å². The van der Waals surface area contributed by atoms with E-state index in [1.165, 1.54) is 11.4 Å². The van der Waals surface area contributed by atoms with Crippen LogP contribution in [0.5, 0.6) is 0 Å². The van der Waals surface area contributed by atoms with Crippen molar-refractivity contribution in [2.75, 3.05) is 13.1 Å². The van der Waals surface area contributed by atoms with Crippen molar-refractivity contribution >= 4 is 17.2 Å². The summed E-state index contributed by atoms with van der Waals surface area (Å²) in [6.45, 7) is 8.41. The highest BCUT2D eigenvalue weighted by Gasteiger charge is 2.58. The van der Waals surface area contributed by atoms with E-state index in [4.69, 9.17) is 0 Å². The maximum Gasteiger partial charge on any atom is 0.273 e. The SMILES string of the molecule is CCN1CC2(C[C@@H](O)[C@H](NC(=O)c3ccsc3C(F)F)C2)C1C(C)C. The number of nitrogens with one attached hydrogen (secondary N) is 1. The predicted molar refractivity (Wildman–Crippen MR) is 94.1 cm³/mol. The standard InChI is InChI=1S/C18H26F2N2O2S/c1-4-22-9-18(15(22)10(2)3)7-12(13(23)8-18)21-17(24)11-5-6-25-14(11)16(19)20/h5-6,10,12-13,15-16,23H,4,7-9H2,1-3H3,(H,21,24)/t12-,13-,15?,18?/m1/s1.